The Morgan fingerprint density at radius 2 is 2.00 bits per heavy atom. The van der Waals surface area contributed by atoms with Crippen LogP contribution in [0.2, 0.25) is 0 Å². The number of hydrogen-bond acceptors (Lipinski definition) is 3. The molecule has 96 valence electrons. The molecule has 1 rings (SSSR count). The highest BCUT2D eigenvalue weighted by Gasteiger charge is 2.08. The summed E-state index contributed by atoms with van der Waals surface area (Å²) in [5.74, 6) is 1.71. The van der Waals surface area contributed by atoms with E-state index in [2.05, 4.69) is 49.4 Å². The van der Waals surface area contributed by atoms with Crippen molar-refractivity contribution in [2.45, 2.75) is 41.2 Å². The minimum absolute atomic E-state index is 0.677. The van der Waals surface area contributed by atoms with E-state index in [9.17, 15) is 0 Å². The van der Waals surface area contributed by atoms with Crippen molar-refractivity contribution < 1.29 is 0 Å². The molecule has 3 heteroatoms. The standard InChI is InChI=1S/C14H25N3/c1-6-16-14-13(9-15-8-10(2)3)11(4)7-12(5)17-14/h7,10,15H,6,8-9H2,1-5H3,(H,16,17). The first-order chi connectivity index (χ1) is 8.04. The maximum Gasteiger partial charge on any atom is 0.131 e. The Labute approximate surface area is 105 Å². The Morgan fingerprint density at radius 3 is 2.59 bits per heavy atom. The molecule has 1 aromatic rings. The molecule has 3 nitrogen and oxygen atoms in total. The molecule has 0 aromatic carbocycles. The fourth-order valence-electron chi connectivity index (χ4n) is 1.89. The van der Waals surface area contributed by atoms with Crippen LogP contribution in [0, 0.1) is 19.8 Å². The van der Waals surface area contributed by atoms with E-state index in [1.165, 1.54) is 11.1 Å². The monoisotopic (exact) mass is 235 g/mol. The lowest BCUT2D eigenvalue weighted by atomic mass is 10.1. The molecule has 0 saturated heterocycles. The summed E-state index contributed by atoms with van der Waals surface area (Å²) < 4.78 is 0. The molecule has 0 aliphatic carbocycles. The lowest BCUT2D eigenvalue weighted by Gasteiger charge is -2.15. The van der Waals surface area contributed by atoms with Crippen LogP contribution in [-0.4, -0.2) is 18.1 Å². The van der Waals surface area contributed by atoms with Gasteiger partial charge < -0.3 is 10.6 Å². The molecule has 0 aliphatic rings. The molecule has 0 atom stereocenters. The van der Waals surface area contributed by atoms with Crippen LogP contribution in [0.1, 0.15) is 37.6 Å². The summed E-state index contributed by atoms with van der Waals surface area (Å²) in [4.78, 5) is 4.57. The first-order valence-electron chi connectivity index (χ1n) is 6.46. The Kier molecular flexibility index (Phi) is 5.42. The van der Waals surface area contributed by atoms with Crippen LogP contribution in [0.3, 0.4) is 0 Å². The molecule has 0 amide bonds. The van der Waals surface area contributed by atoms with Gasteiger partial charge in [-0.3, -0.25) is 0 Å². The Balaban J connectivity index is 2.80. The minimum Gasteiger partial charge on any atom is -0.370 e. The molecule has 0 saturated carbocycles. The van der Waals surface area contributed by atoms with E-state index in [0.29, 0.717) is 5.92 Å². The molecule has 1 heterocycles. The summed E-state index contributed by atoms with van der Waals surface area (Å²) in [6.07, 6.45) is 0. The molecule has 17 heavy (non-hydrogen) atoms. The van der Waals surface area contributed by atoms with Crippen molar-refractivity contribution in [1.82, 2.24) is 10.3 Å². The van der Waals surface area contributed by atoms with E-state index in [0.717, 1.165) is 31.1 Å². The van der Waals surface area contributed by atoms with Crippen molar-refractivity contribution in [3.05, 3.63) is 22.9 Å². The smallest absolute Gasteiger partial charge is 0.131 e. The van der Waals surface area contributed by atoms with Crippen LogP contribution in [0.15, 0.2) is 6.07 Å². The van der Waals surface area contributed by atoms with Gasteiger partial charge in [-0.1, -0.05) is 13.8 Å². The van der Waals surface area contributed by atoms with Crippen LogP contribution in [0.25, 0.3) is 0 Å². The summed E-state index contributed by atoms with van der Waals surface area (Å²) in [5, 5.41) is 6.83. The molecular formula is C14H25N3. The maximum atomic E-state index is 4.57. The number of nitrogens with zero attached hydrogens (tertiary/aromatic N) is 1. The van der Waals surface area contributed by atoms with Crippen LogP contribution < -0.4 is 10.6 Å². The molecule has 2 N–H and O–H groups in total. The van der Waals surface area contributed by atoms with Crippen molar-refractivity contribution in [3.63, 3.8) is 0 Å². The van der Waals surface area contributed by atoms with Gasteiger partial charge in [0.1, 0.15) is 5.82 Å². The van der Waals surface area contributed by atoms with Gasteiger partial charge in [-0.05, 0) is 44.9 Å². The van der Waals surface area contributed by atoms with Crippen molar-refractivity contribution in [1.29, 1.82) is 0 Å². The second-order valence-corrected chi connectivity index (χ2v) is 4.96. The molecule has 0 aliphatic heterocycles. The first kappa shape index (κ1) is 14.0. The van der Waals surface area contributed by atoms with Crippen LogP contribution in [-0.2, 0) is 6.54 Å². The third kappa shape index (κ3) is 4.35. The van der Waals surface area contributed by atoms with Gasteiger partial charge in [-0.2, -0.15) is 0 Å². The lowest BCUT2D eigenvalue weighted by Crippen LogP contribution is -2.21. The number of pyridine rings is 1. The third-order valence-corrected chi connectivity index (χ3v) is 2.67. The summed E-state index contributed by atoms with van der Waals surface area (Å²) >= 11 is 0. The average molecular weight is 235 g/mol. The minimum atomic E-state index is 0.677. The Hall–Kier alpha value is -1.09. The summed E-state index contributed by atoms with van der Waals surface area (Å²) in [7, 11) is 0. The van der Waals surface area contributed by atoms with Crippen LogP contribution in [0.5, 0.6) is 0 Å². The van der Waals surface area contributed by atoms with Gasteiger partial charge in [0.2, 0.25) is 0 Å². The average Bonchev–Trinajstić information content (AvgIpc) is 2.21. The molecule has 0 radical (unpaired) electrons. The highest BCUT2D eigenvalue weighted by atomic mass is 15.0. The number of nitrogens with one attached hydrogen (secondary N) is 2. The molecule has 0 unspecified atom stereocenters. The van der Waals surface area contributed by atoms with E-state index in [4.69, 9.17) is 0 Å². The van der Waals surface area contributed by atoms with Crippen molar-refractivity contribution in [2.75, 3.05) is 18.4 Å². The first-order valence-corrected chi connectivity index (χ1v) is 6.46. The second-order valence-electron chi connectivity index (χ2n) is 4.96. The van der Waals surface area contributed by atoms with Crippen molar-refractivity contribution in [3.8, 4) is 0 Å². The maximum absolute atomic E-state index is 4.57. The van der Waals surface area contributed by atoms with Gasteiger partial charge in [0.15, 0.2) is 0 Å². The summed E-state index contributed by atoms with van der Waals surface area (Å²) in [5.41, 5.74) is 3.67. The summed E-state index contributed by atoms with van der Waals surface area (Å²) in [6.45, 7) is 13.6. The van der Waals surface area contributed by atoms with E-state index < -0.39 is 0 Å². The quantitative estimate of drug-likeness (QED) is 0.796. The molecule has 0 fully saturated rings. The predicted molar refractivity (Wildman–Crippen MR) is 74.4 cm³/mol. The number of anilines is 1. The third-order valence-electron chi connectivity index (χ3n) is 2.67. The molecule has 1 aromatic heterocycles. The molecule has 0 bridgehead atoms. The van der Waals surface area contributed by atoms with E-state index in [1.807, 2.05) is 6.92 Å². The van der Waals surface area contributed by atoms with Crippen LogP contribution in [0.4, 0.5) is 5.82 Å². The zero-order valence-electron chi connectivity index (χ0n) is 11.7. The summed E-state index contributed by atoms with van der Waals surface area (Å²) in [6, 6.07) is 2.15. The zero-order chi connectivity index (χ0) is 12.8. The predicted octanol–water partition coefficient (Wildman–Crippen LogP) is 2.88. The molecule has 0 spiro atoms. The van der Waals surface area contributed by atoms with Gasteiger partial charge in [0.05, 0.1) is 0 Å². The number of aromatic nitrogens is 1. The lowest BCUT2D eigenvalue weighted by molar-refractivity contribution is 0.551. The number of aryl methyl sites for hydroxylation is 2. The Morgan fingerprint density at radius 1 is 1.29 bits per heavy atom. The van der Waals surface area contributed by atoms with Crippen LogP contribution >= 0.6 is 0 Å². The van der Waals surface area contributed by atoms with Gasteiger partial charge in [-0.15, -0.1) is 0 Å². The largest absolute Gasteiger partial charge is 0.370 e. The Bertz CT molecular complexity index is 359. The van der Waals surface area contributed by atoms with E-state index in [1.54, 1.807) is 0 Å². The fourth-order valence-corrected chi connectivity index (χ4v) is 1.89. The zero-order valence-corrected chi connectivity index (χ0v) is 11.7. The van der Waals surface area contributed by atoms with Gasteiger partial charge >= 0.3 is 0 Å². The SMILES string of the molecule is CCNc1nc(C)cc(C)c1CNCC(C)C. The van der Waals surface area contributed by atoms with Crippen molar-refractivity contribution >= 4 is 5.82 Å². The molecular weight excluding hydrogens is 210 g/mol. The van der Waals surface area contributed by atoms with Crippen molar-refractivity contribution in [2.24, 2.45) is 5.92 Å². The normalized spacial score (nSPS) is 10.9. The number of hydrogen-bond donors (Lipinski definition) is 2. The second kappa shape index (κ2) is 6.60. The highest BCUT2D eigenvalue weighted by molar-refractivity contribution is 5.49. The van der Waals surface area contributed by atoms with Gasteiger partial charge in [-0.25, -0.2) is 4.98 Å². The topological polar surface area (TPSA) is 37.0 Å². The highest BCUT2D eigenvalue weighted by Crippen LogP contribution is 2.18. The van der Waals surface area contributed by atoms with Gasteiger partial charge in [0.25, 0.3) is 0 Å². The number of rotatable bonds is 6. The fraction of sp³-hybridized carbons (Fsp3) is 0.643. The van der Waals surface area contributed by atoms with E-state index in [-0.39, 0.29) is 0 Å². The van der Waals surface area contributed by atoms with E-state index >= 15 is 0 Å². The van der Waals surface area contributed by atoms with Gasteiger partial charge in [0, 0.05) is 24.3 Å².